The van der Waals surface area contributed by atoms with E-state index in [1.54, 1.807) is 0 Å². The molecule has 6 N–H and O–H groups in total. The number of nitrogen functional groups attached to an aromatic ring is 1. The Bertz CT molecular complexity index is 1970. The Morgan fingerprint density at radius 2 is 1.83 bits per heavy atom. The molecule has 4 fully saturated rings. The van der Waals surface area contributed by atoms with Crippen LogP contribution in [0.15, 0.2) is 33.9 Å². The highest BCUT2D eigenvalue weighted by Crippen LogP contribution is 2.46. The third kappa shape index (κ3) is 7.05. The number of rotatable bonds is 12. The van der Waals surface area contributed by atoms with Crippen LogP contribution in [0.3, 0.4) is 0 Å². The number of fused-ring (bicyclic) bond motifs is 5. The van der Waals surface area contributed by atoms with Gasteiger partial charge in [-0.05, 0) is 26.0 Å². The highest BCUT2D eigenvalue weighted by molar-refractivity contribution is 8.00. The van der Waals surface area contributed by atoms with Gasteiger partial charge in [0.25, 0.3) is 11.7 Å². The maximum atomic E-state index is 14.0. The molecule has 5 aliphatic heterocycles. The monoisotopic (exact) mass is 775 g/mol. The summed E-state index contributed by atoms with van der Waals surface area (Å²) in [5.74, 6) is -9.58. The molecular weight excluding hydrogens is 740 g/mol. The number of hydrogen-bond donors (Lipinski definition) is 5. The number of thioether (sulfide) groups is 1. The van der Waals surface area contributed by atoms with Gasteiger partial charge in [-0.2, -0.15) is 0 Å². The Labute approximate surface area is 309 Å². The van der Waals surface area contributed by atoms with Crippen molar-refractivity contribution in [3.05, 3.63) is 45.9 Å². The number of nitrogens with two attached hydrogens (primary N) is 1. The van der Waals surface area contributed by atoms with Gasteiger partial charge in [0.05, 0.1) is 37.5 Å². The second-order valence-corrected chi connectivity index (χ2v) is 15.9. The van der Waals surface area contributed by atoms with E-state index in [0.29, 0.717) is 48.6 Å². The molecule has 0 aliphatic carbocycles. The number of thiazole rings is 1. The first kappa shape index (κ1) is 37.7. The molecule has 4 saturated heterocycles. The summed E-state index contributed by atoms with van der Waals surface area (Å²) in [6, 6.07) is 1.23. The molecule has 2 amide bonds. The van der Waals surface area contributed by atoms with Crippen molar-refractivity contribution in [2.45, 2.75) is 50.1 Å². The minimum Gasteiger partial charge on any atom is -0.504 e. The number of phenolic OH excluding ortho intramolecular Hbond substituents is 2. The van der Waals surface area contributed by atoms with Crippen molar-refractivity contribution in [3.8, 4) is 11.5 Å². The molecule has 2 atom stereocenters. The Kier molecular flexibility index (Phi) is 9.99. The molecule has 53 heavy (non-hydrogen) atoms. The van der Waals surface area contributed by atoms with Crippen molar-refractivity contribution in [2.75, 3.05) is 44.2 Å². The van der Waals surface area contributed by atoms with Gasteiger partial charge in [-0.15, -0.1) is 23.1 Å². The normalized spacial score (nSPS) is 24.3. The number of oxime groups is 1. The SMILES string of the molecule is CC(C)(O/N=C(\C(=O)CC1C(=O)N2C(C(=O)O)=C(C[N+]34CCC(CC3)N(C(=O)C(=O)c3cc(O)c(O)c(F)c3)CC4)CSC12)c1csc(N)n1)C(=O)O. The van der Waals surface area contributed by atoms with Crippen LogP contribution in [0.5, 0.6) is 11.5 Å². The van der Waals surface area contributed by atoms with Gasteiger partial charge in [0, 0.05) is 47.6 Å². The zero-order valence-corrected chi connectivity index (χ0v) is 30.1. The number of amides is 2. The number of benzene rings is 1. The number of aromatic nitrogens is 1. The minimum atomic E-state index is -1.79. The van der Waals surface area contributed by atoms with Gasteiger partial charge in [0.1, 0.15) is 17.9 Å². The zero-order valence-electron chi connectivity index (χ0n) is 28.5. The molecule has 2 unspecified atom stereocenters. The Morgan fingerprint density at radius 3 is 2.43 bits per heavy atom. The lowest BCUT2D eigenvalue weighted by Crippen LogP contribution is -2.63. The molecule has 6 heterocycles. The maximum Gasteiger partial charge on any atom is 0.352 e. The molecule has 1 aromatic carbocycles. The minimum absolute atomic E-state index is 0.0420. The highest BCUT2D eigenvalue weighted by atomic mass is 32.2. The number of anilines is 1. The number of carboxylic acid groups (broad SMARTS) is 2. The van der Waals surface area contributed by atoms with E-state index in [1.165, 1.54) is 40.8 Å². The summed E-state index contributed by atoms with van der Waals surface area (Å²) in [5, 5.41) is 43.7. The van der Waals surface area contributed by atoms with Crippen molar-refractivity contribution in [1.82, 2.24) is 14.8 Å². The van der Waals surface area contributed by atoms with E-state index in [4.69, 9.17) is 10.6 Å². The summed E-state index contributed by atoms with van der Waals surface area (Å²) >= 11 is 2.34. The summed E-state index contributed by atoms with van der Waals surface area (Å²) in [6.45, 7) is 4.42. The molecule has 2 bridgehead atoms. The average molecular weight is 776 g/mol. The lowest BCUT2D eigenvalue weighted by molar-refractivity contribution is -0.924. The van der Waals surface area contributed by atoms with Gasteiger partial charge < -0.3 is 40.4 Å². The van der Waals surface area contributed by atoms with Crippen LogP contribution in [0, 0.1) is 11.7 Å². The van der Waals surface area contributed by atoms with Gasteiger partial charge in [0.2, 0.25) is 11.5 Å². The lowest BCUT2D eigenvalue weighted by Gasteiger charge is -2.50. The molecule has 17 nitrogen and oxygen atoms in total. The molecule has 282 valence electrons. The number of Topliss-reactive ketones (excluding diaryl/α,β-unsaturated/α-hetero) is 2. The van der Waals surface area contributed by atoms with E-state index in [0.717, 1.165) is 17.4 Å². The van der Waals surface area contributed by atoms with Gasteiger partial charge >= 0.3 is 11.9 Å². The third-order valence-electron chi connectivity index (χ3n) is 10.1. The number of phenols is 2. The second-order valence-electron chi connectivity index (χ2n) is 13.9. The zero-order chi connectivity index (χ0) is 38.6. The van der Waals surface area contributed by atoms with Crippen molar-refractivity contribution in [1.29, 1.82) is 0 Å². The number of quaternary nitrogens is 1. The number of ketones is 2. The first-order chi connectivity index (χ1) is 24.9. The summed E-state index contributed by atoms with van der Waals surface area (Å²) < 4.78 is 14.4. The summed E-state index contributed by atoms with van der Waals surface area (Å²) in [7, 11) is 0. The Morgan fingerprint density at radius 1 is 1.13 bits per heavy atom. The number of aromatic hydroxyl groups is 2. The van der Waals surface area contributed by atoms with Gasteiger partial charge in [-0.1, -0.05) is 5.16 Å². The third-order valence-corrected chi connectivity index (χ3v) is 12.2. The van der Waals surface area contributed by atoms with E-state index in [2.05, 4.69) is 10.1 Å². The van der Waals surface area contributed by atoms with Crippen LogP contribution in [0.25, 0.3) is 0 Å². The Hall–Kier alpha value is -5.08. The summed E-state index contributed by atoms with van der Waals surface area (Å²) in [5.41, 5.74) is 3.63. The van der Waals surface area contributed by atoms with E-state index in [1.807, 2.05) is 0 Å². The topological polar surface area (TPSA) is 250 Å². The van der Waals surface area contributed by atoms with Gasteiger partial charge in [-0.25, -0.2) is 19.0 Å². The number of halogens is 1. The number of aliphatic carboxylic acids is 2. The van der Waals surface area contributed by atoms with Crippen LogP contribution in [-0.4, -0.2) is 136 Å². The largest absolute Gasteiger partial charge is 0.504 e. The molecule has 1 aromatic heterocycles. The Balaban J connectivity index is 1.17. The average Bonchev–Trinajstić information content (AvgIpc) is 3.36. The number of hydrogen-bond acceptors (Lipinski definition) is 14. The van der Waals surface area contributed by atoms with E-state index in [-0.39, 0.29) is 53.5 Å². The number of β-lactam (4-membered cyclic amide) rings is 1. The number of piperidine rings is 1. The van der Waals surface area contributed by atoms with E-state index in [9.17, 15) is 53.6 Å². The molecular formula is C33H36FN6O11S2+. The van der Waals surface area contributed by atoms with Crippen molar-refractivity contribution in [2.24, 2.45) is 11.1 Å². The fraction of sp³-hybridized carbons (Fsp3) is 0.455. The number of carbonyl (C=O) groups excluding carboxylic acids is 4. The fourth-order valence-electron chi connectivity index (χ4n) is 7.09. The van der Waals surface area contributed by atoms with Crippen LogP contribution in [0.2, 0.25) is 0 Å². The molecule has 20 heteroatoms. The van der Waals surface area contributed by atoms with Crippen LogP contribution >= 0.6 is 23.1 Å². The second kappa shape index (κ2) is 14.0. The highest BCUT2D eigenvalue weighted by Gasteiger charge is 2.55. The molecule has 0 spiro atoms. The molecule has 5 aliphatic rings. The molecule has 0 saturated carbocycles. The first-order valence-corrected chi connectivity index (χ1v) is 18.4. The quantitative estimate of drug-likeness (QED) is 0.0389. The van der Waals surface area contributed by atoms with E-state index >= 15 is 0 Å². The molecule has 0 radical (unpaired) electrons. The van der Waals surface area contributed by atoms with Crippen LogP contribution < -0.4 is 5.73 Å². The first-order valence-electron chi connectivity index (χ1n) is 16.5. The predicted octanol–water partition coefficient (Wildman–Crippen LogP) is 1.39. The summed E-state index contributed by atoms with van der Waals surface area (Å²) in [4.78, 5) is 89.6. The van der Waals surface area contributed by atoms with E-state index < -0.39 is 75.1 Å². The maximum absolute atomic E-state index is 14.0. The molecule has 7 rings (SSSR count). The van der Waals surface area contributed by atoms with Crippen molar-refractivity contribution >= 4 is 69.3 Å². The number of carbonyl (C=O) groups is 6. The van der Waals surface area contributed by atoms with Crippen LogP contribution in [0.4, 0.5) is 9.52 Å². The summed E-state index contributed by atoms with van der Waals surface area (Å²) in [6.07, 6.45) is 0.644. The van der Waals surface area contributed by atoms with Crippen molar-refractivity contribution < 1.29 is 62.9 Å². The van der Waals surface area contributed by atoms with Crippen LogP contribution in [-0.2, 0) is 28.8 Å². The van der Waals surface area contributed by atoms with Gasteiger partial charge in [0.15, 0.2) is 33.9 Å². The fourth-order valence-corrected chi connectivity index (χ4v) is 9.04. The molecule has 2 aromatic rings. The smallest absolute Gasteiger partial charge is 0.352 e. The predicted molar refractivity (Wildman–Crippen MR) is 185 cm³/mol. The van der Waals surface area contributed by atoms with Crippen LogP contribution in [0.1, 0.15) is 49.2 Å². The number of nitrogens with zero attached hydrogens (tertiary/aromatic N) is 5. The number of carboxylic acids is 2. The lowest BCUT2D eigenvalue weighted by atomic mass is 9.89. The standard InChI is InChI=1S/C33H35FN6O11S2/c1-33(2,31(49)50)51-37-23(20-14-53-32(35)36-20)21(41)11-18-27(45)39-24(30(47)48)16(13-52-29(18)39)12-40-6-3-17(4-7-40)38(5-8-40)28(46)25(43)15-9-19(34)26(44)22(42)10-15/h9-10,14,17-18,29H,3-8,11-13H2,1-2H3,(H5-,35,36,37,41,42,43,44,46,47,48,49,50)/p+1. The van der Waals surface area contributed by atoms with Crippen molar-refractivity contribution in [3.63, 3.8) is 0 Å². The van der Waals surface area contributed by atoms with Gasteiger partial charge in [-0.3, -0.25) is 24.1 Å².